The fourth-order valence-electron chi connectivity index (χ4n) is 5.30. The Hall–Kier alpha value is -0.680. The fraction of sp³-hybridized carbons (Fsp3) is 0.812. The Morgan fingerprint density at radius 1 is 1.23 bits per heavy atom. The smallest absolute Gasteiger partial charge is 0.246 e. The number of halogens is 1. The van der Waals surface area contributed by atoms with Crippen LogP contribution in [0.2, 0.25) is 0 Å². The summed E-state index contributed by atoms with van der Waals surface area (Å²) in [5.41, 5.74) is 0.251. The highest BCUT2D eigenvalue weighted by molar-refractivity contribution is 7.15. The van der Waals surface area contributed by atoms with Gasteiger partial charge in [0.05, 0.1) is 0 Å². The van der Waals surface area contributed by atoms with Gasteiger partial charge in [0.2, 0.25) is 11.0 Å². The zero-order valence-electron chi connectivity index (χ0n) is 13.1. The van der Waals surface area contributed by atoms with E-state index in [2.05, 4.69) is 10.2 Å². The largest absolute Gasteiger partial charge is 0.289 e. The van der Waals surface area contributed by atoms with Gasteiger partial charge >= 0.3 is 0 Å². The van der Waals surface area contributed by atoms with Crippen LogP contribution in [-0.2, 0) is 10.2 Å². The fourth-order valence-corrected chi connectivity index (χ4v) is 6.48. The molecule has 1 amide bonds. The van der Waals surface area contributed by atoms with E-state index in [0.717, 1.165) is 22.8 Å². The standard InChI is InChI=1S/C16H22ClN3OS/c1-9(17)13(21)20(2)15-19-18-14(22-15)16-6-10-3-11(7-16)5-12(4-10)8-16/h9-12H,3-8H2,1-2H3/t9-,10?,11?,12?,16?/m0/s1. The molecule has 120 valence electrons. The summed E-state index contributed by atoms with van der Waals surface area (Å²) in [5.74, 6) is 2.55. The van der Waals surface area contributed by atoms with Gasteiger partial charge in [0, 0.05) is 12.5 Å². The molecule has 5 rings (SSSR count). The zero-order chi connectivity index (χ0) is 15.5. The third-order valence-corrected chi connectivity index (χ3v) is 7.30. The molecule has 22 heavy (non-hydrogen) atoms. The molecule has 0 radical (unpaired) electrons. The molecule has 1 atom stereocenters. The van der Waals surface area contributed by atoms with Crippen molar-refractivity contribution < 1.29 is 4.79 Å². The minimum absolute atomic E-state index is 0.116. The maximum absolute atomic E-state index is 12.0. The molecule has 4 nitrogen and oxygen atoms in total. The number of anilines is 1. The molecule has 4 aliphatic carbocycles. The summed E-state index contributed by atoms with van der Waals surface area (Å²) in [6.07, 6.45) is 8.10. The molecule has 0 spiro atoms. The normalized spacial score (nSPS) is 37.3. The van der Waals surface area contributed by atoms with Gasteiger partial charge in [-0.25, -0.2) is 0 Å². The summed E-state index contributed by atoms with van der Waals surface area (Å²) in [6, 6.07) is 0. The first-order valence-electron chi connectivity index (χ1n) is 8.22. The van der Waals surface area contributed by atoms with E-state index in [1.165, 1.54) is 38.5 Å². The highest BCUT2D eigenvalue weighted by Gasteiger charge is 2.53. The lowest BCUT2D eigenvalue weighted by Crippen LogP contribution is -2.48. The molecule has 4 aliphatic rings. The Morgan fingerprint density at radius 3 is 2.27 bits per heavy atom. The van der Waals surface area contributed by atoms with Gasteiger partial charge in [-0.1, -0.05) is 11.3 Å². The molecule has 0 saturated heterocycles. The summed E-state index contributed by atoms with van der Waals surface area (Å²) < 4.78 is 0. The number of carbonyl (C=O) groups is 1. The number of rotatable bonds is 3. The van der Waals surface area contributed by atoms with Crippen LogP contribution >= 0.6 is 22.9 Å². The van der Waals surface area contributed by atoms with Crippen LogP contribution in [0.1, 0.15) is 50.5 Å². The molecular weight excluding hydrogens is 318 g/mol. The third kappa shape index (κ3) is 2.28. The lowest BCUT2D eigenvalue weighted by atomic mass is 9.50. The third-order valence-electron chi connectivity index (χ3n) is 5.86. The van der Waals surface area contributed by atoms with Crippen molar-refractivity contribution in [2.45, 2.75) is 56.2 Å². The van der Waals surface area contributed by atoms with E-state index < -0.39 is 5.38 Å². The minimum Gasteiger partial charge on any atom is -0.289 e. The highest BCUT2D eigenvalue weighted by Crippen LogP contribution is 2.61. The minimum atomic E-state index is -0.531. The Labute approximate surface area is 140 Å². The van der Waals surface area contributed by atoms with Crippen molar-refractivity contribution in [2.75, 3.05) is 11.9 Å². The molecule has 1 aromatic rings. The van der Waals surface area contributed by atoms with Crippen LogP contribution in [0.15, 0.2) is 0 Å². The molecule has 1 heterocycles. The molecule has 4 bridgehead atoms. The van der Waals surface area contributed by atoms with Gasteiger partial charge in [0.25, 0.3) is 0 Å². The van der Waals surface area contributed by atoms with Crippen LogP contribution in [0.4, 0.5) is 5.13 Å². The monoisotopic (exact) mass is 339 g/mol. The second kappa shape index (κ2) is 5.17. The molecular formula is C16H22ClN3OS. The molecule has 0 unspecified atom stereocenters. The maximum Gasteiger partial charge on any atom is 0.246 e. The Balaban J connectivity index is 1.60. The van der Waals surface area contributed by atoms with Gasteiger partial charge in [0.1, 0.15) is 10.4 Å². The number of alkyl halides is 1. The predicted molar refractivity (Wildman–Crippen MR) is 88.5 cm³/mol. The van der Waals surface area contributed by atoms with E-state index in [1.54, 1.807) is 30.2 Å². The van der Waals surface area contributed by atoms with Crippen molar-refractivity contribution in [3.8, 4) is 0 Å². The summed E-state index contributed by atoms with van der Waals surface area (Å²) in [4.78, 5) is 13.6. The van der Waals surface area contributed by atoms with Gasteiger partial charge in [-0.15, -0.1) is 21.8 Å². The first-order valence-corrected chi connectivity index (χ1v) is 9.48. The average Bonchev–Trinajstić information content (AvgIpc) is 2.94. The molecule has 4 fully saturated rings. The van der Waals surface area contributed by atoms with E-state index in [9.17, 15) is 4.79 Å². The van der Waals surface area contributed by atoms with Crippen molar-refractivity contribution in [1.29, 1.82) is 0 Å². The number of hydrogen-bond acceptors (Lipinski definition) is 4. The van der Waals surface area contributed by atoms with E-state index >= 15 is 0 Å². The van der Waals surface area contributed by atoms with Gasteiger partial charge in [-0.2, -0.15) is 0 Å². The van der Waals surface area contributed by atoms with Crippen molar-refractivity contribution in [1.82, 2.24) is 10.2 Å². The Morgan fingerprint density at radius 2 is 1.77 bits per heavy atom. The molecule has 1 aromatic heterocycles. The molecule has 4 saturated carbocycles. The van der Waals surface area contributed by atoms with Gasteiger partial charge in [0.15, 0.2) is 0 Å². The van der Waals surface area contributed by atoms with Crippen molar-refractivity contribution in [2.24, 2.45) is 17.8 Å². The van der Waals surface area contributed by atoms with Crippen LogP contribution in [-0.4, -0.2) is 28.5 Å². The summed E-state index contributed by atoms with van der Waals surface area (Å²) in [7, 11) is 1.74. The van der Waals surface area contributed by atoms with E-state index in [-0.39, 0.29) is 11.3 Å². The summed E-state index contributed by atoms with van der Waals surface area (Å²) in [5, 5.41) is 10.1. The van der Waals surface area contributed by atoms with Crippen LogP contribution in [0.25, 0.3) is 0 Å². The van der Waals surface area contributed by atoms with Crippen LogP contribution < -0.4 is 4.90 Å². The zero-order valence-corrected chi connectivity index (χ0v) is 14.7. The average molecular weight is 340 g/mol. The number of carbonyl (C=O) groups excluding carboxylic acids is 1. The van der Waals surface area contributed by atoms with Crippen LogP contribution in [0.3, 0.4) is 0 Å². The predicted octanol–water partition coefficient (Wildman–Crippen LogP) is 3.60. The SMILES string of the molecule is C[C@H](Cl)C(=O)N(C)c1nnc(C23CC4CC(CC(C4)C2)C3)s1. The second-order valence-corrected chi connectivity index (χ2v) is 9.21. The van der Waals surface area contributed by atoms with Crippen LogP contribution in [0, 0.1) is 17.8 Å². The van der Waals surface area contributed by atoms with Crippen molar-refractivity contribution in [3.63, 3.8) is 0 Å². The van der Waals surface area contributed by atoms with Crippen molar-refractivity contribution in [3.05, 3.63) is 5.01 Å². The van der Waals surface area contributed by atoms with E-state index in [1.807, 2.05) is 0 Å². The van der Waals surface area contributed by atoms with Gasteiger partial charge in [-0.05, 0) is 63.2 Å². The number of amides is 1. The van der Waals surface area contributed by atoms with E-state index in [4.69, 9.17) is 11.6 Å². The number of aromatic nitrogens is 2. The lowest BCUT2D eigenvalue weighted by Gasteiger charge is -2.55. The summed E-state index contributed by atoms with van der Waals surface area (Å²) >= 11 is 7.50. The first kappa shape index (κ1) is 14.9. The number of hydrogen-bond donors (Lipinski definition) is 0. The maximum atomic E-state index is 12.0. The van der Waals surface area contributed by atoms with Gasteiger partial charge in [-0.3, -0.25) is 9.69 Å². The van der Waals surface area contributed by atoms with Crippen molar-refractivity contribution >= 4 is 34.0 Å². The summed E-state index contributed by atoms with van der Waals surface area (Å²) in [6.45, 7) is 1.70. The molecule has 0 aliphatic heterocycles. The molecule has 6 heteroatoms. The highest BCUT2D eigenvalue weighted by atomic mass is 35.5. The molecule has 0 N–H and O–H groups in total. The van der Waals surface area contributed by atoms with Gasteiger partial charge < -0.3 is 0 Å². The number of nitrogens with zero attached hydrogens (tertiary/aromatic N) is 3. The lowest BCUT2D eigenvalue weighted by molar-refractivity contribution is -0.117. The molecule has 0 aromatic carbocycles. The topological polar surface area (TPSA) is 46.1 Å². The second-order valence-electron chi connectivity index (χ2n) is 7.60. The van der Waals surface area contributed by atoms with E-state index in [0.29, 0.717) is 5.13 Å². The quantitative estimate of drug-likeness (QED) is 0.790. The van der Waals surface area contributed by atoms with Crippen LogP contribution in [0.5, 0.6) is 0 Å². The Kier molecular flexibility index (Phi) is 3.49. The first-order chi connectivity index (χ1) is 10.5. The Bertz CT molecular complexity index is 565.